The van der Waals surface area contributed by atoms with E-state index in [0.29, 0.717) is 5.15 Å². The molecule has 1 heterocycles. The van der Waals surface area contributed by atoms with Gasteiger partial charge in [0.15, 0.2) is 5.69 Å². The van der Waals surface area contributed by atoms with Crippen LogP contribution in [0, 0.1) is 0 Å². The normalized spacial score (nSPS) is 9.40. The first-order valence-electron chi connectivity index (χ1n) is 2.53. The quantitative estimate of drug-likeness (QED) is 0.620. The number of aromatic nitrogens is 2. The number of nitrogens with zero attached hydrogens (tertiary/aromatic N) is 1. The molecule has 0 spiro atoms. The molecule has 1 aromatic rings. The van der Waals surface area contributed by atoms with Gasteiger partial charge in [-0.3, -0.25) is 5.10 Å². The van der Waals surface area contributed by atoms with E-state index in [4.69, 9.17) is 11.6 Å². The van der Waals surface area contributed by atoms with Gasteiger partial charge in [-0.1, -0.05) is 11.6 Å². The van der Waals surface area contributed by atoms with E-state index in [1.165, 1.54) is 13.2 Å². The lowest BCUT2D eigenvalue weighted by atomic mass is 10.4. The summed E-state index contributed by atoms with van der Waals surface area (Å²) in [7, 11) is 1.28. The van der Waals surface area contributed by atoms with Crippen LogP contribution in [0.2, 0.25) is 5.15 Å². The van der Waals surface area contributed by atoms with Crippen LogP contribution in [0.25, 0.3) is 0 Å². The number of hydrogen-bond acceptors (Lipinski definition) is 3. The first-order valence-corrected chi connectivity index (χ1v) is 2.91. The van der Waals surface area contributed by atoms with Crippen LogP contribution >= 0.6 is 11.6 Å². The molecule has 0 aromatic carbocycles. The van der Waals surface area contributed by atoms with Crippen LogP contribution in [0.5, 0.6) is 0 Å². The minimum atomic E-state index is -0.497. The van der Waals surface area contributed by atoms with Crippen molar-refractivity contribution in [3.05, 3.63) is 16.9 Å². The third kappa shape index (κ3) is 1.27. The zero-order valence-corrected chi connectivity index (χ0v) is 5.97. The fourth-order valence-electron chi connectivity index (χ4n) is 0.507. The monoisotopic (exact) mass is 160 g/mol. The minimum absolute atomic E-state index is 0.188. The molecule has 5 heteroatoms. The smallest absolute Gasteiger partial charge is 0.358 e. The number of ether oxygens (including phenoxy) is 1. The van der Waals surface area contributed by atoms with Gasteiger partial charge in [-0.2, -0.15) is 5.10 Å². The Hall–Kier alpha value is -1.03. The van der Waals surface area contributed by atoms with Crippen LogP contribution in [0.15, 0.2) is 6.07 Å². The summed E-state index contributed by atoms with van der Waals surface area (Å²) >= 11 is 5.44. The highest BCUT2D eigenvalue weighted by molar-refractivity contribution is 6.29. The number of rotatable bonds is 1. The molecule has 0 unspecified atom stereocenters. The molecule has 0 saturated heterocycles. The number of aromatic amines is 1. The van der Waals surface area contributed by atoms with Gasteiger partial charge in [0.2, 0.25) is 0 Å². The van der Waals surface area contributed by atoms with Crippen molar-refractivity contribution in [1.29, 1.82) is 0 Å². The van der Waals surface area contributed by atoms with Crippen LogP contribution in [0.4, 0.5) is 0 Å². The SMILES string of the molecule is COC(=O)c1cc(Cl)[nH]n1. The molecule has 10 heavy (non-hydrogen) atoms. The Balaban J connectivity index is 2.85. The van der Waals surface area contributed by atoms with Gasteiger partial charge in [0.25, 0.3) is 0 Å². The van der Waals surface area contributed by atoms with Gasteiger partial charge >= 0.3 is 5.97 Å². The molecule has 0 aliphatic carbocycles. The largest absolute Gasteiger partial charge is 0.464 e. The lowest BCUT2D eigenvalue weighted by molar-refractivity contribution is 0.0594. The number of nitrogens with one attached hydrogen (secondary N) is 1. The molecule has 0 aliphatic heterocycles. The van der Waals surface area contributed by atoms with E-state index in [1.807, 2.05) is 0 Å². The fourth-order valence-corrected chi connectivity index (χ4v) is 0.653. The van der Waals surface area contributed by atoms with Crippen molar-refractivity contribution < 1.29 is 9.53 Å². The van der Waals surface area contributed by atoms with E-state index in [9.17, 15) is 4.79 Å². The number of methoxy groups -OCH3 is 1. The summed E-state index contributed by atoms with van der Waals surface area (Å²) in [6, 6.07) is 1.40. The Morgan fingerprint density at radius 3 is 3.00 bits per heavy atom. The minimum Gasteiger partial charge on any atom is -0.464 e. The van der Waals surface area contributed by atoms with Gasteiger partial charge in [0, 0.05) is 6.07 Å². The number of hydrogen-bond donors (Lipinski definition) is 1. The number of esters is 1. The van der Waals surface area contributed by atoms with Gasteiger partial charge in [0.1, 0.15) is 5.15 Å². The lowest BCUT2D eigenvalue weighted by Crippen LogP contribution is -2.00. The van der Waals surface area contributed by atoms with Crippen molar-refractivity contribution in [2.45, 2.75) is 0 Å². The zero-order valence-electron chi connectivity index (χ0n) is 5.22. The van der Waals surface area contributed by atoms with Crippen molar-refractivity contribution in [1.82, 2.24) is 10.2 Å². The fraction of sp³-hybridized carbons (Fsp3) is 0.200. The topological polar surface area (TPSA) is 55.0 Å². The van der Waals surface area contributed by atoms with Crippen molar-refractivity contribution in [2.75, 3.05) is 7.11 Å². The summed E-state index contributed by atoms with van der Waals surface area (Å²) < 4.78 is 4.37. The van der Waals surface area contributed by atoms with Crippen molar-refractivity contribution >= 4 is 17.6 Å². The molecule has 0 radical (unpaired) electrons. The predicted molar refractivity (Wildman–Crippen MR) is 34.9 cm³/mol. The Kier molecular flexibility index (Phi) is 1.91. The molecule has 4 nitrogen and oxygen atoms in total. The molecule has 0 amide bonds. The van der Waals surface area contributed by atoms with Gasteiger partial charge in [-0.15, -0.1) is 0 Å². The Morgan fingerprint density at radius 1 is 1.90 bits per heavy atom. The number of carbonyl (C=O) groups excluding carboxylic acids is 1. The second-order valence-electron chi connectivity index (χ2n) is 1.59. The molecule has 1 aromatic heterocycles. The molecule has 0 bridgehead atoms. The van der Waals surface area contributed by atoms with E-state index in [1.54, 1.807) is 0 Å². The van der Waals surface area contributed by atoms with E-state index >= 15 is 0 Å². The predicted octanol–water partition coefficient (Wildman–Crippen LogP) is 0.850. The van der Waals surface area contributed by atoms with E-state index in [0.717, 1.165) is 0 Å². The van der Waals surface area contributed by atoms with Gasteiger partial charge in [0.05, 0.1) is 7.11 Å². The lowest BCUT2D eigenvalue weighted by Gasteiger charge is -1.89. The highest BCUT2D eigenvalue weighted by atomic mass is 35.5. The summed E-state index contributed by atoms with van der Waals surface area (Å²) in [5.74, 6) is -0.497. The van der Waals surface area contributed by atoms with Crippen LogP contribution in [-0.4, -0.2) is 23.3 Å². The zero-order chi connectivity index (χ0) is 7.56. The molecular weight excluding hydrogens is 156 g/mol. The first kappa shape index (κ1) is 7.08. The average Bonchev–Trinajstić information content (AvgIpc) is 2.34. The van der Waals surface area contributed by atoms with Gasteiger partial charge in [-0.05, 0) is 0 Å². The second-order valence-corrected chi connectivity index (χ2v) is 2.00. The number of carbonyl (C=O) groups is 1. The Bertz CT molecular complexity index is 246. The van der Waals surface area contributed by atoms with Crippen LogP contribution in [0.1, 0.15) is 10.5 Å². The van der Waals surface area contributed by atoms with Crippen LogP contribution < -0.4 is 0 Å². The molecule has 0 fully saturated rings. The first-order chi connectivity index (χ1) is 4.74. The highest BCUT2D eigenvalue weighted by Gasteiger charge is 2.07. The highest BCUT2D eigenvalue weighted by Crippen LogP contribution is 2.05. The Labute approximate surface area is 62.1 Å². The summed E-state index contributed by atoms with van der Waals surface area (Å²) in [5, 5.41) is 6.27. The van der Waals surface area contributed by atoms with Gasteiger partial charge in [-0.25, -0.2) is 4.79 Å². The van der Waals surface area contributed by atoms with Crippen molar-refractivity contribution in [3.8, 4) is 0 Å². The number of H-pyrrole nitrogens is 1. The van der Waals surface area contributed by atoms with Crippen molar-refractivity contribution in [3.63, 3.8) is 0 Å². The standard InChI is InChI=1S/C5H5ClN2O2/c1-10-5(9)3-2-4(6)8-7-3/h2H,1H3,(H,7,8). The maximum absolute atomic E-state index is 10.7. The summed E-state index contributed by atoms with van der Waals surface area (Å²) in [4.78, 5) is 10.7. The van der Waals surface area contributed by atoms with Crippen LogP contribution in [0.3, 0.4) is 0 Å². The molecule has 0 atom stereocenters. The second kappa shape index (κ2) is 2.70. The summed E-state index contributed by atoms with van der Waals surface area (Å²) in [6.07, 6.45) is 0. The average molecular weight is 161 g/mol. The number of halogens is 1. The molecule has 0 saturated carbocycles. The molecular formula is C5H5ClN2O2. The van der Waals surface area contributed by atoms with E-state index in [-0.39, 0.29) is 5.69 Å². The molecule has 0 aliphatic rings. The molecule has 54 valence electrons. The maximum atomic E-state index is 10.7. The van der Waals surface area contributed by atoms with Crippen molar-refractivity contribution in [2.24, 2.45) is 0 Å². The third-order valence-corrected chi connectivity index (χ3v) is 1.13. The Morgan fingerprint density at radius 2 is 2.60 bits per heavy atom. The van der Waals surface area contributed by atoms with E-state index in [2.05, 4.69) is 14.9 Å². The molecule has 1 N–H and O–H groups in total. The summed E-state index contributed by atoms with van der Waals surface area (Å²) in [6.45, 7) is 0. The van der Waals surface area contributed by atoms with E-state index < -0.39 is 5.97 Å². The van der Waals surface area contributed by atoms with Gasteiger partial charge < -0.3 is 4.74 Å². The maximum Gasteiger partial charge on any atom is 0.358 e. The molecule has 1 rings (SSSR count). The third-order valence-electron chi connectivity index (χ3n) is 0.941. The van der Waals surface area contributed by atoms with Crippen LogP contribution in [-0.2, 0) is 4.74 Å². The summed E-state index contributed by atoms with van der Waals surface area (Å²) in [5.41, 5.74) is 0.188.